The standard InChI is InChI=1S/C19H22ClNO3/c20-15-8-6-13(7-9-15)17-11-10-16(24-17)12-21-18(19(22)23)14-4-2-1-3-5-14/h6-11,14,18,21H,1-5,12H2,(H,22,23)/t18-/m0/s1. The molecule has 1 aromatic heterocycles. The molecule has 2 aromatic rings. The summed E-state index contributed by atoms with van der Waals surface area (Å²) in [6.45, 7) is 0.418. The van der Waals surface area contributed by atoms with Gasteiger partial charge in [-0.15, -0.1) is 0 Å². The van der Waals surface area contributed by atoms with E-state index in [2.05, 4.69) is 5.32 Å². The summed E-state index contributed by atoms with van der Waals surface area (Å²) in [7, 11) is 0. The van der Waals surface area contributed by atoms with Crippen molar-refractivity contribution in [1.82, 2.24) is 5.32 Å². The molecule has 0 amide bonds. The Kier molecular flexibility index (Phi) is 5.59. The molecule has 0 spiro atoms. The van der Waals surface area contributed by atoms with E-state index < -0.39 is 12.0 Å². The second-order valence-electron chi connectivity index (χ2n) is 6.37. The minimum Gasteiger partial charge on any atom is -0.480 e. The Hall–Kier alpha value is -1.78. The van der Waals surface area contributed by atoms with Gasteiger partial charge in [-0.05, 0) is 55.2 Å². The molecule has 1 aliphatic rings. The lowest BCUT2D eigenvalue weighted by molar-refractivity contribution is -0.141. The normalized spacial score (nSPS) is 16.9. The first-order valence-corrected chi connectivity index (χ1v) is 8.82. The zero-order valence-corrected chi connectivity index (χ0v) is 14.3. The number of benzene rings is 1. The average molecular weight is 348 g/mol. The van der Waals surface area contributed by atoms with Gasteiger partial charge in [0.25, 0.3) is 0 Å². The second-order valence-corrected chi connectivity index (χ2v) is 6.80. The minimum atomic E-state index is -0.772. The Morgan fingerprint density at radius 2 is 1.88 bits per heavy atom. The van der Waals surface area contributed by atoms with Crippen LogP contribution < -0.4 is 5.32 Å². The maximum absolute atomic E-state index is 11.6. The first-order chi connectivity index (χ1) is 11.6. The monoisotopic (exact) mass is 347 g/mol. The van der Waals surface area contributed by atoms with Crippen LogP contribution in [-0.4, -0.2) is 17.1 Å². The number of aliphatic carboxylic acids is 1. The molecule has 1 fully saturated rings. The zero-order chi connectivity index (χ0) is 16.9. The van der Waals surface area contributed by atoms with Crippen LogP contribution in [0.5, 0.6) is 0 Å². The molecule has 2 N–H and O–H groups in total. The lowest BCUT2D eigenvalue weighted by Gasteiger charge is -2.27. The SMILES string of the molecule is O=C(O)[C@@H](NCc1ccc(-c2ccc(Cl)cc2)o1)C1CCCCC1. The van der Waals surface area contributed by atoms with E-state index in [4.69, 9.17) is 16.0 Å². The minimum absolute atomic E-state index is 0.210. The summed E-state index contributed by atoms with van der Waals surface area (Å²) in [6.07, 6.45) is 5.43. The van der Waals surface area contributed by atoms with Crippen LogP contribution in [0.15, 0.2) is 40.8 Å². The van der Waals surface area contributed by atoms with Crippen molar-refractivity contribution in [2.24, 2.45) is 5.92 Å². The third kappa shape index (κ3) is 4.19. The highest BCUT2D eigenvalue weighted by Crippen LogP contribution is 2.27. The van der Waals surface area contributed by atoms with Crippen molar-refractivity contribution in [2.45, 2.75) is 44.7 Å². The van der Waals surface area contributed by atoms with Gasteiger partial charge in [-0.25, -0.2) is 0 Å². The molecule has 1 heterocycles. The third-order valence-electron chi connectivity index (χ3n) is 4.67. The van der Waals surface area contributed by atoms with E-state index >= 15 is 0 Å². The summed E-state index contributed by atoms with van der Waals surface area (Å²) in [5.74, 6) is 0.934. The second kappa shape index (κ2) is 7.86. The number of hydrogen-bond acceptors (Lipinski definition) is 3. The van der Waals surface area contributed by atoms with Crippen molar-refractivity contribution in [3.05, 3.63) is 47.2 Å². The smallest absolute Gasteiger partial charge is 0.320 e. The molecule has 3 rings (SSSR count). The maximum Gasteiger partial charge on any atom is 0.320 e. The van der Waals surface area contributed by atoms with Crippen LogP contribution in [0.3, 0.4) is 0 Å². The number of carboxylic acid groups (broad SMARTS) is 1. The Morgan fingerprint density at radius 3 is 2.54 bits per heavy atom. The highest BCUT2D eigenvalue weighted by Gasteiger charge is 2.29. The molecule has 0 unspecified atom stereocenters. The van der Waals surface area contributed by atoms with Crippen molar-refractivity contribution < 1.29 is 14.3 Å². The molecule has 0 aliphatic heterocycles. The molecule has 0 saturated heterocycles. The zero-order valence-electron chi connectivity index (χ0n) is 13.5. The molecule has 128 valence electrons. The Bertz CT molecular complexity index is 674. The molecular weight excluding hydrogens is 326 g/mol. The predicted octanol–water partition coefficient (Wildman–Crippen LogP) is 4.72. The molecule has 1 saturated carbocycles. The van der Waals surface area contributed by atoms with E-state index in [1.807, 2.05) is 36.4 Å². The maximum atomic E-state index is 11.6. The van der Waals surface area contributed by atoms with E-state index in [9.17, 15) is 9.90 Å². The van der Waals surface area contributed by atoms with Crippen LogP contribution in [0.25, 0.3) is 11.3 Å². The number of carboxylic acids is 1. The van der Waals surface area contributed by atoms with E-state index in [1.54, 1.807) is 0 Å². The van der Waals surface area contributed by atoms with Gasteiger partial charge in [0.05, 0.1) is 6.54 Å². The number of carbonyl (C=O) groups is 1. The van der Waals surface area contributed by atoms with Gasteiger partial charge in [0, 0.05) is 10.6 Å². The van der Waals surface area contributed by atoms with Crippen LogP contribution in [0.2, 0.25) is 5.02 Å². The third-order valence-corrected chi connectivity index (χ3v) is 4.93. The van der Waals surface area contributed by atoms with Crippen molar-refractivity contribution in [2.75, 3.05) is 0 Å². The Morgan fingerprint density at radius 1 is 1.17 bits per heavy atom. The average Bonchev–Trinajstić information content (AvgIpc) is 3.05. The van der Waals surface area contributed by atoms with E-state index in [0.717, 1.165) is 42.8 Å². The van der Waals surface area contributed by atoms with Crippen LogP contribution in [-0.2, 0) is 11.3 Å². The van der Waals surface area contributed by atoms with Gasteiger partial charge >= 0.3 is 5.97 Å². The van der Waals surface area contributed by atoms with Gasteiger partial charge in [0.15, 0.2) is 0 Å². The van der Waals surface area contributed by atoms with Gasteiger partial charge in [-0.3, -0.25) is 10.1 Å². The summed E-state index contributed by atoms with van der Waals surface area (Å²) < 4.78 is 5.83. The fourth-order valence-corrected chi connectivity index (χ4v) is 3.50. The summed E-state index contributed by atoms with van der Waals surface area (Å²) in [5.41, 5.74) is 0.952. The Labute approximate surface area is 146 Å². The molecule has 0 bridgehead atoms. The number of halogens is 1. The van der Waals surface area contributed by atoms with Crippen molar-refractivity contribution >= 4 is 17.6 Å². The number of nitrogens with one attached hydrogen (secondary N) is 1. The van der Waals surface area contributed by atoms with Crippen LogP contribution in [0.1, 0.15) is 37.9 Å². The van der Waals surface area contributed by atoms with Crippen LogP contribution in [0.4, 0.5) is 0 Å². The van der Waals surface area contributed by atoms with Gasteiger partial charge in [0.2, 0.25) is 0 Å². The topological polar surface area (TPSA) is 62.5 Å². The summed E-state index contributed by atoms with van der Waals surface area (Å²) in [5, 5.41) is 13.4. The largest absolute Gasteiger partial charge is 0.480 e. The van der Waals surface area contributed by atoms with Crippen molar-refractivity contribution in [1.29, 1.82) is 0 Å². The highest BCUT2D eigenvalue weighted by molar-refractivity contribution is 6.30. The molecule has 4 nitrogen and oxygen atoms in total. The summed E-state index contributed by atoms with van der Waals surface area (Å²) in [6, 6.07) is 10.7. The molecule has 1 atom stereocenters. The van der Waals surface area contributed by atoms with E-state index in [-0.39, 0.29) is 5.92 Å². The van der Waals surface area contributed by atoms with Crippen LogP contribution in [0, 0.1) is 5.92 Å². The van der Waals surface area contributed by atoms with Crippen molar-refractivity contribution in [3.63, 3.8) is 0 Å². The van der Waals surface area contributed by atoms with Crippen LogP contribution >= 0.6 is 11.6 Å². The molecule has 5 heteroatoms. The van der Waals surface area contributed by atoms with E-state index in [0.29, 0.717) is 11.6 Å². The molecule has 0 radical (unpaired) electrons. The molecule has 24 heavy (non-hydrogen) atoms. The van der Waals surface area contributed by atoms with Gasteiger partial charge < -0.3 is 9.52 Å². The molecular formula is C19H22ClNO3. The van der Waals surface area contributed by atoms with Gasteiger partial charge in [-0.1, -0.05) is 30.9 Å². The number of hydrogen-bond donors (Lipinski definition) is 2. The fraction of sp³-hybridized carbons (Fsp3) is 0.421. The summed E-state index contributed by atoms with van der Waals surface area (Å²) >= 11 is 5.90. The first-order valence-electron chi connectivity index (χ1n) is 8.44. The van der Waals surface area contributed by atoms with Crippen molar-refractivity contribution in [3.8, 4) is 11.3 Å². The molecule has 1 aliphatic carbocycles. The van der Waals surface area contributed by atoms with Gasteiger partial charge in [0.1, 0.15) is 17.6 Å². The highest BCUT2D eigenvalue weighted by atomic mass is 35.5. The lowest BCUT2D eigenvalue weighted by atomic mass is 9.84. The predicted molar refractivity (Wildman–Crippen MR) is 94.0 cm³/mol. The quantitative estimate of drug-likeness (QED) is 0.793. The first kappa shape index (κ1) is 17.1. The van der Waals surface area contributed by atoms with E-state index in [1.165, 1.54) is 6.42 Å². The molecule has 1 aromatic carbocycles. The Balaban J connectivity index is 1.63. The lowest BCUT2D eigenvalue weighted by Crippen LogP contribution is -2.43. The number of furan rings is 1. The number of rotatable bonds is 6. The van der Waals surface area contributed by atoms with Gasteiger partial charge in [-0.2, -0.15) is 0 Å². The fourth-order valence-electron chi connectivity index (χ4n) is 3.38. The summed E-state index contributed by atoms with van der Waals surface area (Å²) in [4.78, 5) is 11.6.